The van der Waals surface area contributed by atoms with E-state index in [1.807, 2.05) is 18.5 Å². The van der Waals surface area contributed by atoms with Gasteiger partial charge >= 0.3 is 0 Å². The minimum Gasteiger partial charge on any atom is -0.367 e. The fourth-order valence-electron chi connectivity index (χ4n) is 2.25. The Morgan fingerprint density at radius 3 is 2.00 bits per heavy atom. The van der Waals surface area contributed by atoms with Gasteiger partial charge in [0.25, 0.3) is 0 Å². The number of benzene rings is 2. The summed E-state index contributed by atoms with van der Waals surface area (Å²) in [4.78, 5) is 4.53. The summed E-state index contributed by atoms with van der Waals surface area (Å²) in [6, 6.07) is 21.3. The lowest BCUT2D eigenvalue weighted by molar-refractivity contribution is 0.573. The van der Waals surface area contributed by atoms with Crippen LogP contribution in [0.15, 0.2) is 65.7 Å². The number of nitrogens with one attached hydrogen (secondary N) is 1. The molecule has 2 heteroatoms. The summed E-state index contributed by atoms with van der Waals surface area (Å²) in [6.45, 7) is 0. The largest absolute Gasteiger partial charge is 0.367 e. The normalized spacial score (nSPS) is 22.4. The Morgan fingerprint density at radius 1 is 0.765 bits per heavy atom. The summed E-state index contributed by atoms with van der Waals surface area (Å²) < 4.78 is 0. The van der Waals surface area contributed by atoms with Gasteiger partial charge in [0.2, 0.25) is 0 Å². The molecule has 0 aromatic heterocycles. The zero-order valence-corrected chi connectivity index (χ0v) is 9.45. The zero-order chi connectivity index (χ0) is 11.5. The van der Waals surface area contributed by atoms with E-state index in [2.05, 4.69) is 58.8 Å². The van der Waals surface area contributed by atoms with Gasteiger partial charge in [-0.15, -0.1) is 0 Å². The fourth-order valence-corrected chi connectivity index (χ4v) is 2.25. The van der Waals surface area contributed by atoms with Crippen molar-refractivity contribution in [1.29, 1.82) is 0 Å². The van der Waals surface area contributed by atoms with Crippen LogP contribution in [0.5, 0.6) is 0 Å². The third kappa shape index (κ3) is 1.94. The molecule has 1 unspecified atom stereocenters. The molecule has 0 bridgehead atoms. The summed E-state index contributed by atoms with van der Waals surface area (Å²) in [6.07, 6.45) is 1.81. The van der Waals surface area contributed by atoms with Gasteiger partial charge < -0.3 is 5.32 Å². The summed E-state index contributed by atoms with van der Waals surface area (Å²) in [7, 11) is 0. The summed E-state index contributed by atoms with van der Waals surface area (Å²) in [5.74, 6) is 0. The van der Waals surface area contributed by atoms with Gasteiger partial charge in [-0.2, -0.15) is 0 Å². The van der Waals surface area contributed by atoms with Crippen LogP contribution in [0.1, 0.15) is 23.2 Å². The molecule has 0 saturated heterocycles. The first kappa shape index (κ1) is 10.1. The van der Waals surface area contributed by atoms with Gasteiger partial charge in [-0.25, -0.2) is 0 Å². The molecular weight excluding hydrogens is 208 g/mol. The van der Waals surface area contributed by atoms with Crippen molar-refractivity contribution in [2.75, 3.05) is 0 Å². The van der Waals surface area contributed by atoms with Gasteiger partial charge in [-0.05, 0) is 11.1 Å². The van der Waals surface area contributed by atoms with Crippen molar-refractivity contribution in [3.05, 3.63) is 71.8 Å². The quantitative estimate of drug-likeness (QED) is 0.829. The van der Waals surface area contributed by atoms with Crippen molar-refractivity contribution in [2.24, 2.45) is 4.99 Å². The average Bonchev–Trinajstić information content (AvgIpc) is 2.90. The van der Waals surface area contributed by atoms with Gasteiger partial charge in [0.15, 0.2) is 0 Å². The van der Waals surface area contributed by atoms with E-state index >= 15 is 0 Å². The van der Waals surface area contributed by atoms with Crippen LogP contribution in [0.25, 0.3) is 0 Å². The molecular formula is C15H14N2. The second kappa shape index (κ2) is 4.42. The molecule has 0 aliphatic carbocycles. The molecule has 1 N–H and O–H groups in total. The lowest BCUT2D eigenvalue weighted by Gasteiger charge is -2.19. The van der Waals surface area contributed by atoms with E-state index in [-0.39, 0.29) is 12.1 Å². The maximum Gasteiger partial charge on any atom is 0.101 e. The number of hydrogen-bond donors (Lipinski definition) is 1. The van der Waals surface area contributed by atoms with Crippen LogP contribution in [-0.2, 0) is 0 Å². The highest BCUT2D eigenvalue weighted by Gasteiger charge is 2.26. The van der Waals surface area contributed by atoms with E-state index in [4.69, 9.17) is 0 Å². The second-order valence-electron chi connectivity index (χ2n) is 4.19. The molecule has 2 aromatic rings. The Hall–Kier alpha value is -2.09. The molecule has 0 amide bonds. The van der Waals surface area contributed by atoms with Crippen LogP contribution in [0, 0.1) is 0 Å². The van der Waals surface area contributed by atoms with Gasteiger partial charge in [0.05, 0.1) is 12.4 Å². The van der Waals surface area contributed by atoms with Crippen LogP contribution in [0.2, 0.25) is 0 Å². The van der Waals surface area contributed by atoms with Crippen LogP contribution < -0.4 is 5.32 Å². The monoisotopic (exact) mass is 222 g/mol. The summed E-state index contributed by atoms with van der Waals surface area (Å²) >= 11 is 0. The smallest absolute Gasteiger partial charge is 0.101 e. The highest BCUT2D eigenvalue weighted by Crippen LogP contribution is 2.34. The molecule has 2 aromatic carbocycles. The molecule has 1 heterocycles. The predicted octanol–water partition coefficient (Wildman–Crippen LogP) is 3.10. The minimum atomic E-state index is 0.179. The fraction of sp³-hybridized carbons (Fsp3) is 0.133. The van der Waals surface area contributed by atoms with Gasteiger partial charge in [-0.1, -0.05) is 60.7 Å². The molecule has 3 rings (SSSR count). The molecule has 0 radical (unpaired) electrons. The van der Waals surface area contributed by atoms with Crippen molar-refractivity contribution >= 4 is 6.34 Å². The molecule has 2 nitrogen and oxygen atoms in total. The third-order valence-electron chi connectivity index (χ3n) is 3.10. The van der Waals surface area contributed by atoms with Crippen LogP contribution in [-0.4, -0.2) is 6.34 Å². The number of hydrogen-bond acceptors (Lipinski definition) is 2. The first-order valence-electron chi connectivity index (χ1n) is 5.83. The number of aliphatic imine (C=N–C) groups is 1. The third-order valence-corrected chi connectivity index (χ3v) is 3.10. The Balaban J connectivity index is 1.93. The molecule has 0 fully saturated rings. The number of rotatable bonds is 2. The minimum absolute atomic E-state index is 0.179. The molecule has 2 atom stereocenters. The molecule has 1 aliphatic heterocycles. The Bertz CT molecular complexity index is 505. The topological polar surface area (TPSA) is 24.4 Å². The maximum atomic E-state index is 4.53. The van der Waals surface area contributed by atoms with Crippen molar-refractivity contribution < 1.29 is 0 Å². The van der Waals surface area contributed by atoms with Crippen LogP contribution in [0.4, 0.5) is 0 Å². The van der Waals surface area contributed by atoms with E-state index in [1.165, 1.54) is 11.1 Å². The lowest BCUT2D eigenvalue weighted by Crippen LogP contribution is -2.18. The molecule has 17 heavy (non-hydrogen) atoms. The van der Waals surface area contributed by atoms with Crippen LogP contribution in [0.3, 0.4) is 0 Å². The average molecular weight is 222 g/mol. The highest BCUT2D eigenvalue weighted by atomic mass is 15.1. The standard InChI is InChI=1S/C15H14N2/c1-3-7-12(8-4-1)14-15(17-11-16-14)13-9-5-2-6-10-13/h1-11,14-15H,(H,16,17)/t14-,15?/m1/s1. The second-order valence-corrected chi connectivity index (χ2v) is 4.19. The molecule has 84 valence electrons. The highest BCUT2D eigenvalue weighted by molar-refractivity contribution is 5.60. The Kier molecular flexibility index (Phi) is 2.62. The van der Waals surface area contributed by atoms with Gasteiger partial charge in [-0.3, -0.25) is 4.99 Å². The Morgan fingerprint density at radius 2 is 1.35 bits per heavy atom. The summed E-state index contributed by atoms with van der Waals surface area (Å²) in [5.41, 5.74) is 2.53. The van der Waals surface area contributed by atoms with E-state index in [0.717, 1.165) is 0 Å². The van der Waals surface area contributed by atoms with E-state index in [0.29, 0.717) is 0 Å². The van der Waals surface area contributed by atoms with Gasteiger partial charge in [0, 0.05) is 0 Å². The molecule has 0 saturated carbocycles. The number of nitrogens with zero attached hydrogens (tertiary/aromatic N) is 1. The van der Waals surface area contributed by atoms with Crippen molar-refractivity contribution in [3.63, 3.8) is 0 Å². The first-order chi connectivity index (χ1) is 8.45. The maximum absolute atomic E-state index is 4.53. The van der Waals surface area contributed by atoms with E-state index < -0.39 is 0 Å². The lowest BCUT2D eigenvalue weighted by atomic mass is 9.95. The van der Waals surface area contributed by atoms with E-state index in [1.54, 1.807) is 0 Å². The van der Waals surface area contributed by atoms with E-state index in [9.17, 15) is 0 Å². The van der Waals surface area contributed by atoms with Crippen molar-refractivity contribution in [1.82, 2.24) is 5.32 Å². The van der Waals surface area contributed by atoms with Gasteiger partial charge in [0.1, 0.15) is 6.04 Å². The van der Waals surface area contributed by atoms with Crippen molar-refractivity contribution in [2.45, 2.75) is 12.1 Å². The SMILES string of the molecule is C1=N[C@H](c2ccccc2)C(c2ccccc2)N1. The first-order valence-corrected chi connectivity index (χ1v) is 5.83. The Labute approximate surface area is 101 Å². The zero-order valence-electron chi connectivity index (χ0n) is 9.45. The molecule has 1 aliphatic rings. The van der Waals surface area contributed by atoms with Crippen molar-refractivity contribution in [3.8, 4) is 0 Å². The summed E-state index contributed by atoms with van der Waals surface area (Å²) in [5, 5.41) is 3.33. The predicted molar refractivity (Wildman–Crippen MR) is 70.0 cm³/mol. The molecule has 0 spiro atoms. The van der Waals surface area contributed by atoms with Crippen LogP contribution >= 0.6 is 0 Å².